The third-order valence-electron chi connectivity index (χ3n) is 8.45. The summed E-state index contributed by atoms with van der Waals surface area (Å²) >= 11 is 0. The monoisotopic (exact) mass is 479 g/mol. The number of rotatable bonds is 7. The number of benzene rings is 1. The first-order valence-electron chi connectivity index (χ1n) is 13.5. The van der Waals surface area contributed by atoms with Gasteiger partial charge in [-0.1, -0.05) is 49.6 Å². The van der Waals surface area contributed by atoms with E-state index < -0.39 is 0 Å². The van der Waals surface area contributed by atoms with Crippen molar-refractivity contribution in [3.05, 3.63) is 52.8 Å². The molecular weight excluding hydrogens is 438 g/mol. The van der Waals surface area contributed by atoms with Crippen molar-refractivity contribution in [2.75, 3.05) is 39.9 Å². The Morgan fingerprint density at radius 3 is 2.66 bits per heavy atom. The number of aromatic nitrogens is 2. The summed E-state index contributed by atoms with van der Waals surface area (Å²) in [6, 6.07) is 10.5. The van der Waals surface area contributed by atoms with Crippen molar-refractivity contribution < 1.29 is 9.53 Å². The third-order valence-corrected chi connectivity index (χ3v) is 8.45. The Labute approximate surface area is 209 Å². The summed E-state index contributed by atoms with van der Waals surface area (Å²) in [5, 5.41) is 8.67. The SMILES string of the molecule is CN(Cc1ccccc1)C(=O)c1nn(C)c2c1CC(NCC1(N3CCOCC3)CCCCC1)CC2. The fourth-order valence-electron chi connectivity index (χ4n) is 6.43. The summed E-state index contributed by atoms with van der Waals surface area (Å²) in [5.41, 5.74) is 4.39. The van der Waals surface area contributed by atoms with Crippen LogP contribution < -0.4 is 5.32 Å². The van der Waals surface area contributed by atoms with E-state index in [0.29, 0.717) is 18.3 Å². The van der Waals surface area contributed by atoms with E-state index in [4.69, 9.17) is 9.84 Å². The van der Waals surface area contributed by atoms with E-state index in [1.807, 2.05) is 37.0 Å². The number of hydrogen-bond acceptors (Lipinski definition) is 5. The minimum absolute atomic E-state index is 0.0171. The van der Waals surface area contributed by atoms with E-state index in [9.17, 15) is 4.79 Å². The lowest BCUT2D eigenvalue weighted by Gasteiger charge is -2.49. The fourth-order valence-corrected chi connectivity index (χ4v) is 6.43. The van der Waals surface area contributed by atoms with Crippen LogP contribution in [0.15, 0.2) is 30.3 Å². The molecular formula is C28H41N5O2. The largest absolute Gasteiger partial charge is 0.379 e. The molecule has 0 spiro atoms. The maximum Gasteiger partial charge on any atom is 0.274 e. The highest BCUT2D eigenvalue weighted by Gasteiger charge is 2.39. The number of nitrogens with zero attached hydrogens (tertiary/aromatic N) is 4. The molecule has 0 bridgehead atoms. The van der Waals surface area contributed by atoms with Gasteiger partial charge >= 0.3 is 0 Å². The molecule has 1 amide bonds. The minimum Gasteiger partial charge on any atom is -0.379 e. The number of aryl methyl sites for hydroxylation is 1. The van der Waals surface area contributed by atoms with Crippen molar-refractivity contribution in [2.45, 2.75) is 69.5 Å². The van der Waals surface area contributed by atoms with Gasteiger partial charge in [-0.2, -0.15) is 5.10 Å². The van der Waals surface area contributed by atoms with Gasteiger partial charge in [0.25, 0.3) is 5.91 Å². The van der Waals surface area contributed by atoms with Crippen molar-refractivity contribution >= 4 is 5.91 Å². The summed E-state index contributed by atoms with van der Waals surface area (Å²) in [4.78, 5) is 17.9. The van der Waals surface area contributed by atoms with E-state index in [0.717, 1.165) is 63.2 Å². The van der Waals surface area contributed by atoms with E-state index >= 15 is 0 Å². The smallest absolute Gasteiger partial charge is 0.274 e. The number of amides is 1. The molecule has 1 unspecified atom stereocenters. The highest BCUT2D eigenvalue weighted by atomic mass is 16.5. The van der Waals surface area contributed by atoms with E-state index in [1.54, 1.807) is 4.90 Å². The average molecular weight is 480 g/mol. The van der Waals surface area contributed by atoms with Gasteiger partial charge < -0.3 is 15.0 Å². The second-order valence-corrected chi connectivity index (χ2v) is 10.7. The Hall–Kier alpha value is -2.22. The highest BCUT2D eigenvalue weighted by Crippen LogP contribution is 2.34. The van der Waals surface area contributed by atoms with Gasteiger partial charge in [-0.15, -0.1) is 0 Å². The fraction of sp³-hybridized carbons (Fsp3) is 0.643. The van der Waals surface area contributed by atoms with Crippen LogP contribution in [0.4, 0.5) is 0 Å². The number of carbonyl (C=O) groups is 1. The first kappa shape index (κ1) is 24.5. The van der Waals surface area contributed by atoms with Crippen LogP contribution in [0.2, 0.25) is 0 Å². The molecule has 2 fully saturated rings. The molecule has 7 heteroatoms. The Balaban J connectivity index is 1.27. The maximum atomic E-state index is 13.4. The van der Waals surface area contributed by atoms with Crippen LogP contribution in [0.25, 0.3) is 0 Å². The zero-order valence-corrected chi connectivity index (χ0v) is 21.5. The molecule has 1 aromatic heterocycles. The first-order valence-corrected chi connectivity index (χ1v) is 13.5. The van der Waals surface area contributed by atoms with Crippen molar-refractivity contribution in [2.24, 2.45) is 7.05 Å². The van der Waals surface area contributed by atoms with E-state index in [1.165, 1.54) is 37.8 Å². The van der Waals surface area contributed by atoms with Gasteiger partial charge in [0.05, 0.1) is 13.2 Å². The molecule has 1 N–H and O–H groups in total. The van der Waals surface area contributed by atoms with Gasteiger partial charge in [-0.05, 0) is 37.7 Å². The zero-order valence-electron chi connectivity index (χ0n) is 21.5. The van der Waals surface area contributed by atoms with Gasteiger partial charge in [-0.25, -0.2) is 0 Å². The summed E-state index contributed by atoms with van der Waals surface area (Å²) in [5.74, 6) is 0.0171. The van der Waals surface area contributed by atoms with Crippen molar-refractivity contribution in [1.29, 1.82) is 0 Å². The number of hydrogen-bond donors (Lipinski definition) is 1. The highest BCUT2D eigenvalue weighted by molar-refractivity contribution is 5.94. The molecule has 3 aliphatic rings. The molecule has 1 atom stereocenters. The Bertz CT molecular complexity index is 992. The number of carbonyl (C=O) groups excluding carboxylic acids is 1. The minimum atomic E-state index is 0.0171. The average Bonchev–Trinajstić information content (AvgIpc) is 3.24. The summed E-state index contributed by atoms with van der Waals surface area (Å²) < 4.78 is 7.59. The number of morpholine rings is 1. The van der Waals surface area contributed by atoms with Crippen LogP contribution in [0.5, 0.6) is 0 Å². The lowest BCUT2D eigenvalue weighted by molar-refractivity contribution is -0.0378. The van der Waals surface area contributed by atoms with E-state index in [-0.39, 0.29) is 11.4 Å². The molecule has 2 aromatic rings. The standard InChI is InChI=1S/C28H41N5O2/c1-31(20-22-9-5-3-6-10-22)27(34)26-24-19-23(11-12-25(24)32(2)30-26)29-21-28(13-7-4-8-14-28)33-15-17-35-18-16-33/h3,5-6,9-10,23,29H,4,7-8,11-21H2,1-2H3. The second kappa shape index (κ2) is 10.8. The molecule has 1 saturated heterocycles. The van der Waals surface area contributed by atoms with Crippen LogP contribution in [-0.2, 0) is 31.2 Å². The van der Waals surface area contributed by atoms with Crippen LogP contribution >= 0.6 is 0 Å². The summed E-state index contributed by atoms with van der Waals surface area (Å²) in [7, 11) is 3.86. The molecule has 1 aliphatic heterocycles. The van der Waals surface area contributed by atoms with Gasteiger partial charge in [0.1, 0.15) is 0 Å². The Morgan fingerprint density at radius 2 is 1.91 bits per heavy atom. The molecule has 1 saturated carbocycles. The van der Waals surface area contributed by atoms with Gasteiger partial charge in [0.15, 0.2) is 5.69 Å². The number of fused-ring (bicyclic) bond motifs is 1. The number of nitrogens with one attached hydrogen (secondary N) is 1. The van der Waals surface area contributed by atoms with Crippen LogP contribution in [0.3, 0.4) is 0 Å². The molecule has 7 nitrogen and oxygen atoms in total. The van der Waals surface area contributed by atoms with Crippen LogP contribution in [-0.4, -0.2) is 77.0 Å². The second-order valence-electron chi connectivity index (χ2n) is 10.7. The zero-order chi connectivity index (χ0) is 24.3. The summed E-state index contributed by atoms with van der Waals surface area (Å²) in [6.07, 6.45) is 9.50. The van der Waals surface area contributed by atoms with Gasteiger partial charge in [0, 0.05) is 63.1 Å². The molecule has 35 heavy (non-hydrogen) atoms. The van der Waals surface area contributed by atoms with Crippen molar-refractivity contribution in [1.82, 2.24) is 24.9 Å². The molecule has 190 valence electrons. The molecule has 1 aromatic carbocycles. The molecule has 2 aliphatic carbocycles. The quantitative estimate of drug-likeness (QED) is 0.661. The topological polar surface area (TPSA) is 62.6 Å². The lowest BCUT2D eigenvalue weighted by atomic mass is 9.79. The lowest BCUT2D eigenvalue weighted by Crippen LogP contribution is -2.60. The molecule has 2 heterocycles. The predicted octanol–water partition coefficient (Wildman–Crippen LogP) is 3.17. The normalized spacial score (nSPS) is 22.5. The van der Waals surface area contributed by atoms with Gasteiger partial charge in [0.2, 0.25) is 0 Å². The Morgan fingerprint density at radius 1 is 1.17 bits per heavy atom. The van der Waals surface area contributed by atoms with Crippen LogP contribution in [0, 0.1) is 0 Å². The third kappa shape index (κ3) is 5.32. The summed E-state index contributed by atoms with van der Waals surface area (Å²) in [6.45, 7) is 5.43. The number of ether oxygens (including phenoxy) is 1. The maximum absolute atomic E-state index is 13.4. The molecule has 0 radical (unpaired) electrons. The van der Waals surface area contributed by atoms with E-state index in [2.05, 4.69) is 22.3 Å². The molecule has 5 rings (SSSR count). The van der Waals surface area contributed by atoms with Gasteiger partial charge in [-0.3, -0.25) is 14.4 Å². The van der Waals surface area contributed by atoms with Crippen LogP contribution in [0.1, 0.15) is 65.8 Å². The van der Waals surface area contributed by atoms with Crippen molar-refractivity contribution in [3.63, 3.8) is 0 Å². The Kier molecular flexibility index (Phi) is 7.56. The van der Waals surface area contributed by atoms with Crippen molar-refractivity contribution in [3.8, 4) is 0 Å². The first-order chi connectivity index (χ1) is 17.1. The predicted molar refractivity (Wildman–Crippen MR) is 137 cm³/mol.